The molecule has 0 aromatic heterocycles. The number of nitrogens with one attached hydrogen (secondary N) is 2. The second kappa shape index (κ2) is 7.27. The molecule has 0 aliphatic carbocycles. The Balaban J connectivity index is 1.98. The van der Waals surface area contributed by atoms with Gasteiger partial charge in [-0.2, -0.15) is 0 Å². The van der Waals surface area contributed by atoms with Gasteiger partial charge in [0.15, 0.2) is 0 Å². The fourth-order valence-corrected chi connectivity index (χ4v) is 2.41. The van der Waals surface area contributed by atoms with E-state index in [-0.39, 0.29) is 6.54 Å². The molecule has 0 spiro atoms. The van der Waals surface area contributed by atoms with Crippen molar-refractivity contribution in [3.8, 4) is 0 Å². The highest BCUT2D eigenvalue weighted by molar-refractivity contribution is 6.39. The van der Waals surface area contributed by atoms with E-state index >= 15 is 0 Å². The quantitative estimate of drug-likeness (QED) is 0.754. The fourth-order valence-electron chi connectivity index (χ4n) is 2.41. The molecular weight excluding hydrogens is 304 g/mol. The Kier molecular flexibility index (Phi) is 5.36. The first-order valence-corrected chi connectivity index (χ1v) is 7.74. The van der Waals surface area contributed by atoms with Crippen LogP contribution >= 0.6 is 0 Å². The molecule has 2 amide bonds. The molecular formula is C19H22N2O3. The topological polar surface area (TPSA) is 78.4 Å². The van der Waals surface area contributed by atoms with Crippen molar-refractivity contribution in [2.45, 2.75) is 26.4 Å². The third kappa shape index (κ3) is 4.20. The molecule has 5 nitrogen and oxygen atoms in total. The van der Waals surface area contributed by atoms with Crippen LogP contribution in [0.5, 0.6) is 0 Å². The van der Waals surface area contributed by atoms with Gasteiger partial charge in [0.1, 0.15) is 5.60 Å². The van der Waals surface area contributed by atoms with Crippen molar-refractivity contribution in [1.82, 2.24) is 5.32 Å². The van der Waals surface area contributed by atoms with Crippen LogP contribution in [0.4, 0.5) is 5.69 Å². The van der Waals surface area contributed by atoms with E-state index in [0.29, 0.717) is 11.3 Å². The summed E-state index contributed by atoms with van der Waals surface area (Å²) in [7, 11) is 0. The number of benzene rings is 2. The van der Waals surface area contributed by atoms with Gasteiger partial charge in [0, 0.05) is 5.69 Å². The highest BCUT2D eigenvalue weighted by Crippen LogP contribution is 2.20. The number of amides is 2. The minimum absolute atomic E-state index is 0.0595. The zero-order valence-electron chi connectivity index (χ0n) is 14.1. The molecule has 0 bridgehead atoms. The van der Waals surface area contributed by atoms with Gasteiger partial charge in [0.25, 0.3) is 0 Å². The molecule has 0 saturated carbocycles. The van der Waals surface area contributed by atoms with Gasteiger partial charge < -0.3 is 15.7 Å². The van der Waals surface area contributed by atoms with Gasteiger partial charge in [0.2, 0.25) is 0 Å². The maximum Gasteiger partial charge on any atom is 0.313 e. The van der Waals surface area contributed by atoms with Gasteiger partial charge in [-0.05, 0) is 37.5 Å². The Labute approximate surface area is 141 Å². The van der Waals surface area contributed by atoms with Gasteiger partial charge in [-0.1, -0.05) is 48.5 Å². The minimum Gasteiger partial charge on any atom is -0.384 e. The van der Waals surface area contributed by atoms with Crippen LogP contribution in [0.1, 0.15) is 23.6 Å². The van der Waals surface area contributed by atoms with Crippen LogP contribution in [-0.4, -0.2) is 23.5 Å². The van der Waals surface area contributed by atoms with Crippen molar-refractivity contribution in [1.29, 1.82) is 0 Å². The van der Waals surface area contributed by atoms with Crippen LogP contribution in [-0.2, 0) is 15.2 Å². The third-order valence-electron chi connectivity index (χ3n) is 3.91. The maximum absolute atomic E-state index is 12.1. The molecule has 5 heteroatoms. The van der Waals surface area contributed by atoms with E-state index in [1.54, 1.807) is 31.2 Å². The van der Waals surface area contributed by atoms with E-state index in [4.69, 9.17) is 0 Å². The number of rotatable bonds is 4. The van der Waals surface area contributed by atoms with E-state index in [1.165, 1.54) is 0 Å². The Morgan fingerprint density at radius 3 is 2.12 bits per heavy atom. The molecule has 3 N–H and O–H groups in total. The average molecular weight is 326 g/mol. The molecule has 2 aromatic rings. The average Bonchev–Trinajstić information content (AvgIpc) is 2.57. The molecule has 0 aliphatic rings. The number of carbonyl (C=O) groups excluding carboxylic acids is 2. The molecule has 1 unspecified atom stereocenters. The molecule has 2 rings (SSSR count). The smallest absolute Gasteiger partial charge is 0.313 e. The predicted molar refractivity (Wildman–Crippen MR) is 93.6 cm³/mol. The zero-order valence-corrected chi connectivity index (χ0v) is 14.1. The van der Waals surface area contributed by atoms with Gasteiger partial charge >= 0.3 is 11.8 Å². The second-order valence-electron chi connectivity index (χ2n) is 6.04. The first-order chi connectivity index (χ1) is 11.3. The summed E-state index contributed by atoms with van der Waals surface area (Å²) in [4.78, 5) is 24.1. The summed E-state index contributed by atoms with van der Waals surface area (Å²) < 4.78 is 0. The van der Waals surface area contributed by atoms with E-state index in [1.807, 2.05) is 38.1 Å². The predicted octanol–water partition coefficient (Wildman–Crippen LogP) is 2.27. The first-order valence-electron chi connectivity index (χ1n) is 7.74. The van der Waals surface area contributed by atoms with Gasteiger partial charge in [0.05, 0.1) is 6.54 Å². The third-order valence-corrected chi connectivity index (χ3v) is 3.91. The van der Waals surface area contributed by atoms with Gasteiger partial charge in [-0.25, -0.2) is 0 Å². The standard InChI is InChI=1S/C19H22N2O3/c1-13-8-7-9-14(2)16(13)21-18(23)17(22)20-12-19(3,24)15-10-5-4-6-11-15/h4-11,24H,12H2,1-3H3,(H,20,22)(H,21,23). The second-order valence-corrected chi connectivity index (χ2v) is 6.04. The van der Waals surface area contributed by atoms with Crippen molar-refractivity contribution in [3.63, 3.8) is 0 Å². The van der Waals surface area contributed by atoms with E-state index < -0.39 is 17.4 Å². The van der Waals surface area contributed by atoms with Gasteiger partial charge in [-0.15, -0.1) is 0 Å². The Bertz CT molecular complexity index is 719. The van der Waals surface area contributed by atoms with Crippen molar-refractivity contribution in [3.05, 3.63) is 65.2 Å². The number of para-hydroxylation sites is 1. The van der Waals surface area contributed by atoms with Crippen LogP contribution < -0.4 is 10.6 Å². The number of hydrogen-bond acceptors (Lipinski definition) is 3. The molecule has 126 valence electrons. The monoisotopic (exact) mass is 326 g/mol. The van der Waals surface area contributed by atoms with Crippen LogP contribution in [0.2, 0.25) is 0 Å². The molecule has 2 aromatic carbocycles. The molecule has 0 radical (unpaired) electrons. The normalized spacial score (nSPS) is 13.0. The molecule has 0 saturated heterocycles. The summed E-state index contributed by atoms with van der Waals surface area (Å²) in [6, 6.07) is 14.6. The summed E-state index contributed by atoms with van der Waals surface area (Å²) in [6.45, 7) is 5.25. The Morgan fingerprint density at radius 1 is 0.958 bits per heavy atom. The highest BCUT2D eigenvalue weighted by Gasteiger charge is 2.25. The number of aliphatic hydroxyl groups is 1. The van der Waals surface area contributed by atoms with Crippen LogP contribution in [0.3, 0.4) is 0 Å². The lowest BCUT2D eigenvalue weighted by molar-refractivity contribution is -0.136. The maximum atomic E-state index is 12.1. The molecule has 1 atom stereocenters. The molecule has 24 heavy (non-hydrogen) atoms. The molecule has 0 fully saturated rings. The minimum atomic E-state index is -1.25. The lowest BCUT2D eigenvalue weighted by Crippen LogP contribution is -2.43. The van der Waals surface area contributed by atoms with Crippen molar-refractivity contribution >= 4 is 17.5 Å². The SMILES string of the molecule is Cc1cccc(C)c1NC(=O)C(=O)NCC(C)(O)c1ccccc1. The molecule has 0 aliphatic heterocycles. The van der Waals surface area contributed by atoms with Crippen molar-refractivity contribution in [2.75, 3.05) is 11.9 Å². The van der Waals surface area contributed by atoms with Crippen LogP contribution in [0.15, 0.2) is 48.5 Å². The number of anilines is 1. The highest BCUT2D eigenvalue weighted by atomic mass is 16.3. The summed E-state index contributed by atoms with van der Waals surface area (Å²) in [5.74, 6) is -1.54. The van der Waals surface area contributed by atoms with E-state index in [0.717, 1.165) is 11.1 Å². The Morgan fingerprint density at radius 2 is 1.54 bits per heavy atom. The first kappa shape index (κ1) is 17.7. The lowest BCUT2D eigenvalue weighted by atomic mass is 9.96. The van der Waals surface area contributed by atoms with E-state index in [9.17, 15) is 14.7 Å². The fraction of sp³-hybridized carbons (Fsp3) is 0.263. The van der Waals surface area contributed by atoms with Crippen LogP contribution in [0, 0.1) is 13.8 Å². The largest absolute Gasteiger partial charge is 0.384 e. The summed E-state index contributed by atoms with van der Waals surface area (Å²) in [6.07, 6.45) is 0. The molecule has 0 heterocycles. The van der Waals surface area contributed by atoms with Crippen molar-refractivity contribution < 1.29 is 14.7 Å². The van der Waals surface area contributed by atoms with Crippen molar-refractivity contribution in [2.24, 2.45) is 0 Å². The summed E-state index contributed by atoms with van der Waals surface area (Å²) >= 11 is 0. The summed E-state index contributed by atoms with van der Waals surface area (Å²) in [5.41, 5.74) is 1.81. The number of hydrogen-bond donors (Lipinski definition) is 3. The van der Waals surface area contributed by atoms with Gasteiger partial charge in [-0.3, -0.25) is 9.59 Å². The van der Waals surface area contributed by atoms with E-state index in [2.05, 4.69) is 10.6 Å². The summed E-state index contributed by atoms with van der Waals surface area (Å²) in [5, 5.41) is 15.5. The lowest BCUT2D eigenvalue weighted by Gasteiger charge is -2.24. The number of aryl methyl sites for hydroxylation is 2. The zero-order chi connectivity index (χ0) is 17.7. The number of carbonyl (C=O) groups is 2. The Hall–Kier alpha value is -2.66. The van der Waals surface area contributed by atoms with Crippen LogP contribution in [0.25, 0.3) is 0 Å².